The Hall–Kier alpha value is -3.81. The maximum atomic E-state index is 12.4. The number of hydrogen-bond acceptors (Lipinski definition) is 6. The summed E-state index contributed by atoms with van der Waals surface area (Å²) in [5.74, 6) is -0.541. The van der Waals surface area contributed by atoms with Crippen LogP contribution >= 0.6 is 0 Å². The van der Waals surface area contributed by atoms with E-state index in [1.807, 2.05) is 0 Å². The molecular formula is C22H19N3O5. The van der Waals surface area contributed by atoms with Crippen molar-refractivity contribution in [2.45, 2.75) is 19.3 Å². The molecule has 2 heterocycles. The third kappa shape index (κ3) is 3.84. The minimum Gasteiger partial charge on any atom is -0.457 e. The third-order valence-corrected chi connectivity index (χ3v) is 5.05. The Morgan fingerprint density at radius 3 is 2.80 bits per heavy atom. The molecule has 8 nitrogen and oxygen atoms in total. The maximum Gasteiger partial charge on any atom is 0.306 e. The minimum atomic E-state index is -0.552. The number of esters is 1. The molecule has 0 spiro atoms. The Labute approximate surface area is 171 Å². The molecule has 1 aromatic heterocycles. The van der Waals surface area contributed by atoms with Crippen LogP contribution in [0.2, 0.25) is 0 Å². The van der Waals surface area contributed by atoms with Crippen LogP contribution in [0, 0.1) is 0 Å². The number of hydrogen-bond donors (Lipinski definition) is 1. The summed E-state index contributed by atoms with van der Waals surface area (Å²) in [5, 5.41) is 3.22. The monoisotopic (exact) mass is 405 g/mol. The number of carbonyl (C=O) groups excluding carboxylic acids is 3. The highest BCUT2D eigenvalue weighted by Gasteiger charge is 2.20. The molecule has 0 bridgehead atoms. The normalized spacial score (nSPS) is 12.5. The highest BCUT2D eigenvalue weighted by atomic mass is 16.5. The minimum absolute atomic E-state index is 0.00545. The molecule has 0 aliphatic carbocycles. The molecule has 0 saturated heterocycles. The van der Waals surface area contributed by atoms with Gasteiger partial charge in [-0.25, -0.2) is 4.98 Å². The van der Waals surface area contributed by atoms with Crippen LogP contribution in [0.5, 0.6) is 0 Å². The molecule has 3 aromatic rings. The van der Waals surface area contributed by atoms with E-state index in [1.54, 1.807) is 49.5 Å². The van der Waals surface area contributed by atoms with Gasteiger partial charge in [0.2, 0.25) is 5.91 Å². The summed E-state index contributed by atoms with van der Waals surface area (Å²) in [6.45, 7) is -0.386. The van der Waals surface area contributed by atoms with Crippen LogP contribution in [0.4, 0.5) is 5.69 Å². The summed E-state index contributed by atoms with van der Waals surface area (Å²) in [7, 11) is 1.61. The van der Waals surface area contributed by atoms with Gasteiger partial charge in [0, 0.05) is 24.7 Å². The van der Waals surface area contributed by atoms with E-state index in [4.69, 9.17) is 4.74 Å². The van der Waals surface area contributed by atoms with Gasteiger partial charge < -0.3 is 10.1 Å². The van der Waals surface area contributed by atoms with Crippen molar-refractivity contribution in [3.8, 4) is 0 Å². The highest BCUT2D eigenvalue weighted by Crippen LogP contribution is 2.24. The van der Waals surface area contributed by atoms with Gasteiger partial charge >= 0.3 is 5.97 Å². The highest BCUT2D eigenvalue weighted by molar-refractivity contribution is 6.02. The van der Waals surface area contributed by atoms with Crippen molar-refractivity contribution in [1.82, 2.24) is 9.55 Å². The number of benzene rings is 2. The van der Waals surface area contributed by atoms with Gasteiger partial charge in [0.1, 0.15) is 5.82 Å². The summed E-state index contributed by atoms with van der Waals surface area (Å²) in [4.78, 5) is 52.7. The summed E-state index contributed by atoms with van der Waals surface area (Å²) in [6, 6.07) is 11.9. The van der Waals surface area contributed by atoms with Crippen molar-refractivity contribution >= 4 is 34.3 Å². The van der Waals surface area contributed by atoms with Crippen LogP contribution in [0.1, 0.15) is 28.2 Å². The number of amides is 1. The number of aryl methyl sites for hydroxylation is 1. The fourth-order valence-corrected chi connectivity index (χ4v) is 3.41. The number of ketones is 1. The molecule has 4 rings (SSSR count). The molecule has 1 amide bonds. The number of rotatable bonds is 6. The largest absolute Gasteiger partial charge is 0.457 e. The molecule has 152 valence electrons. The Bertz CT molecular complexity index is 1250. The predicted molar refractivity (Wildman–Crippen MR) is 109 cm³/mol. The zero-order chi connectivity index (χ0) is 21.3. The molecule has 8 heteroatoms. The number of Topliss-reactive ketones (excluding diaryl/α,β-unsaturated/α-hetero) is 1. The lowest BCUT2D eigenvalue weighted by molar-refractivity contribution is -0.142. The van der Waals surface area contributed by atoms with E-state index in [0.717, 1.165) is 5.56 Å². The van der Waals surface area contributed by atoms with Gasteiger partial charge in [0.25, 0.3) is 5.56 Å². The van der Waals surface area contributed by atoms with Gasteiger partial charge in [0.05, 0.1) is 23.7 Å². The Morgan fingerprint density at radius 1 is 1.17 bits per heavy atom. The number of carbonyl (C=O) groups is 3. The quantitative estimate of drug-likeness (QED) is 0.495. The van der Waals surface area contributed by atoms with Gasteiger partial charge in [-0.3, -0.25) is 23.7 Å². The zero-order valence-electron chi connectivity index (χ0n) is 16.3. The summed E-state index contributed by atoms with van der Waals surface area (Å²) >= 11 is 0. The lowest BCUT2D eigenvalue weighted by atomic mass is 10.1. The van der Waals surface area contributed by atoms with E-state index >= 15 is 0 Å². The topological polar surface area (TPSA) is 107 Å². The molecule has 0 unspecified atom stereocenters. The predicted octanol–water partition coefficient (Wildman–Crippen LogP) is 1.79. The van der Waals surface area contributed by atoms with E-state index in [9.17, 15) is 19.2 Å². The van der Waals surface area contributed by atoms with E-state index in [0.29, 0.717) is 28.0 Å². The molecule has 0 atom stereocenters. The average Bonchev–Trinajstić information content (AvgIpc) is 3.12. The summed E-state index contributed by atoms with van der Waals surface area (Å²) < 4.78 is 6.51. The summed E-state index contributed by atoms with van der Waals surface area (Å²) in [5.41, 5.74) is 2.23. The third-order valence-electron chi connectivity index (χ3n) is 5.05. The molecule has 1 N–H and O–H groups in total. The number of ether oxygens (including phenoxy) is 1. The van der Waals surface area contributed by atoms with Gasteiger partial charge in [-0.2, -0.15) is 0 Å². The fourth-order valence-electron chi connectivity index (χ4n) is 3.41. The van der Waals surface area contributed by atoms with Crippen molar-refractivity contribution in [2.24, 2.45) is 7.05 Å². The molecule has 0 fully saturated rings. The standard InChI is InChI=1S/C22H19N3O5/c1-25-19(23-17-5-3-2-4-15(17)22(25)29)8-9-21(28)30-12-18(26)13-6-7-16-14(10-13)11-20(27)24-16/h2-7,10H,8-9,11-12H2,1H3,(H,24,27). The molecule has 2 aromatic carbocycles. The SMILES string of the molecule is Cn1c(CCC(=O)OCC(=O)c2ccc3c(c2)CC(=O)N3)nc2ccccc2c1=O. The smallest absolute Gasteiger partial charge is 0.306 e. The molecule has 0 radical (unpaired) electrons. The number of fused-ring (bicyclic) bond motifs is 2. The first kappa shape index (κ1) is 19.5. The van der Waals surface area contributed by atoms with Crippen molar-refractivity contribution in [3.63, 3.8) is 0 Å². The fraction of sp³-hybridized carbons (Fsp3) is 0.227. The van der Waals surface area contributed by atoms with E-state index < -0.39 is 5.97 Å². The van der Waals surface area contributed by atoms with E-state index in [-0.39, 0.29) is 43.1 Å². The Morgan fingerprint density at radius 2 is 1.97 bits per heavy atom. The van der Waals surface area contributed by atoms with Crippen LogP contribution in [-0.2, 0) is 34.2 Å². The molecular weight excluding hydrogens is 386 g/mol. The molecule has 0 saturated carbocycles. The maximum absolute atomic E-state index is 12.4. The zero-order valence-corrected chi connectivity index (χ0v) is 16.3. The van der Waals surface area contributed by atoms with Crippen LogP contribution < -0.4 is 10.9 Å². The van der Waals surface area contributed by atoms with Crippen molar-refractivity contribution in [1.29, 1.82) is 0 Å². The van der Waals surface area contributed by atoms with Gasteiger partial charge in [-0.1, -0.05) is 12.1 Å². The van der Waals surface area contributed by atoms with Crippen LogP contribution in [0.25, 0.3) is 10.9 Å². The van der Waals surface area contributed by atoms with Crippen molar-refractivity contribution < 1.29 is 19.1 Å². The molecule has 1 aliphatic rings. The first-order valence-corrected chi connectivity index (χ1v) is 9.48. The van der Waals surface area contributed by atoms with Gasteiger partial charge in [-0.15, -0.1) is 0 Å². The van der Waals surface area contributed by atoms with Crippen molar-refractivity contribution in [3.05, 3.63) is 69.8 Å². The van der Waals surface area contributed by atoms with Gasteiger partial charge in [0.15, 0.2) is 12.4 Å². The van der Waals surface area contributed by atoms with Crippen molar-refractivity contribution in [2.75, 3.05) is 11.9 Å². The van der Waals surface area contributed by atoms with E-state index in [1.165, 1.54) is 4.57 Å². The Kier molecular flexibility index (Phi) is 5.14. The molecule has 30 heavy (non-hydrogen) atoms. The first-order valence-electron chi connectivity index (χ1n) is 9.48. The number of anilines is 1. The number of nitrogens with one attached hydrogen (secondary N) is 1. The van der Waals surface area contributed by atoms with Crippen LogP contribution in [0.15, 0.2) is 47.3 Å². The van der Waals surface area contributed by atoms with Gasteiger partial charge in [-0.05, 0) is 35.9 Å². The average molecular weight is 405 g/mol. The second kappa shape index (κ2) is 7.90. The summed E-state index contributed by atoms with van der Waals surface area (Å²) in [6.07, 6.45) is 0.443. The Balaban J connectivity index is 1.36. The second-order valence-electron chi connectivity index (χ2n) is 7.09. The number of aromatic nitrogens is 2. The number of para-hydroxylation sites is 1. The lowest BCUT2D eigenvalue weighted by Gasteiger charge is -2.09. The first-order chi connectivity index (χ1) is 14.4. The lowest BCUT2D eigenvalue weighted by Crippen LogP contribution is -2.23. The number of nitrogens with zero attached hydrogens (tertiary/aromatic N) is 2. The second-order valence-corrected chi connectivity index (χ2v) is 7.09. The van der Waals surface area contributed by atoms with Crippen LogP contribution in [0.3, 0.4) is 0 Å². The molecule has 1 aliphatic heterocycles. The van der Waals surface area contributed by atoms with Crippen LogP contribution in [-0.4, -0.2) is 33.8 Å². The van der Waals surface area contributed by atoms with E-state index in [2.05, 4.69) is 10.3 Å².